The Hall–Kier alpha value is 0.840. The van der Waals surface area contributed by atoms with Crippen LogP contribution < -0.4 is 0 Å². The summed E-state index contributed by atoms with van der Waals surface area (Å²) in [7, 11) is -4.64. The second kappa shape index (κ2) is 6.95. The highest BCUT2D eigenvalue weighted by Gasteiger charge is 2.00. The molecule has 3 N–H and O–H groups in total. The topological polar surface area (TPSA) is 77.8 Å². The van der Waals surface area contributed by atoms with Crippen LogP contribution in [0.5, 0.6) is 0 Å². The van der Waals surface area contributed by atoms with Gasteiger partial charge in [0.1, 0.15) is 0 Å². The number of hydrogen-bond donors (Lipinski definition) is 3. The van der Waals surface area contributed by atoms with Gasteiger partial charge in [0, 0.05) is 0 Å². The Kier molecular flexibility index (Phi) is 9.67. The van der Waals surface area contributed by atoms with Crippen molar-refractivity contribution in [3.05, 3.63) is 0 Å². The summed E-state index contributed by atoms with van der Waals surface area (Å²) in [6, 6.07) is 0. The molecule has 0 atom stereocenters. The zero-order chi connectivity index (χ0) is 7.91. The van der Waals surface area contributed by atoms with E-state index in [1.54, 1.807) is 0 Å². The van der Waals surface area contributed by atoms with Gasteiger partial charge >= 0.3 is 7.82 Å². The molecule has 0 aromatic carbocycles. The molecule has 0 aromatic rings. The summed E-state index contributed by atoms with van der Waals surface area (Å²) in [5, 5.41) is 0. The second-order valence-corrected chi connectivity index (χ2v) is 3.31. The normalized spacial score (nSPS) is 9.89. The summed E-state index contributed by atoms with van der Waals surface area (Å²) < 4.78 is 10.2. The minimum absolute atomic E-state index is 1.29. The van der Waals surface area contributed by atoms with Gasteiger partial charge in [-0.25, -0.2) is 4.57 Å². The Labute approximate surface area is 67.7 Å². The Bertz CT molecular complexity index is 79.5. The number of phosphoric acid groups is 1. The van der Waals surface area contributed by atoms with Crippen LogP contribution in [0.25, 0.3) is 0 Å². The third-order valence-corrected chi connectivity index (χ3v) is 1.27. The van der Waals surface area contributed by atoms with E-state index in [2.05, 4.69) is 29.5 Å². The molecule has 0 aliphatic carbocycles. The lowest BCUT2D eigenvalue weighted by atomic mass is 10.6. The summed E-state index contributed by atoms with van der Waals surface area (Å²) >= 11 is 2.35. The van der Waals surface area contributed by atoms with Crippen molar-refractivity contribution in [2.75, 3.05) is 4.43 Å². The summed E-state index contributed by atoms with van der Waals surface area (Å²) in [5.74, 6) is 0. The van der Waals surface area contributed by atoms with Crippen molar-refractivity contribution in [2.24, 2.45) is 0 Å². The average molecular weight is 268 g/mol. The Balaban J connectivity index is 0. The van der Waals surface area contributed by atoms with Gasteiger partial charge < -0.3 is 14.7 Å². The van der Waals surface area contributed by atoms with E-state index in [4.69, 9.17) is 19.2 Å². The minimum atomic E-state index is -4.64. The first-order chi connectivity index (χ1) is 3.91. The minimum Gasteiger partial charge on any atom is -0.303 e. The van der Waals surface area contributed by atoms with Crippen LogP contribution in [-0.4, -0.2) is 19.1 Å². The number of hydrogen-bond acceptors (Lipinski definition) is 1. The van der Waals surface area contributed by atoms with E-state index in [0.717, 1.165) is 0 Å². The number of alkyl halides is 1. The van der Waals surface area contributed by atoms with Crippen LogP contribution in [0.15, 0.2) is 0 Å². The molecule has 6 heteroatoms. The van der Waals surface area contributed by atoms with Crippen LogP contribution in [-0.2, 0) is 4.57 Å². The molecule has 4 nitrogen and oxygen atoms in total. The van der Waals surface area contributed by atoms with Crippen molar-refractivity contribution in [1.82, 2.24) is 0 Å². The first kappa shape index (κ1) is 12.5. The van der Waals surface area contributed by atoms with E-state index in [0.29, 0.717) is 0 Å². The van der Waals surface area contributed by atoms with Gasteiger partial charge in [0.2, 0.25) is 0 Å². The fraction of sp³-hybridized carbons (Fsp3) is 1.00. The zero-order valence-corrected chi connectivity index (χ0v) is 8.04. The van der Waals surface area contributed by atoms with Crippen LogP contribution >= 0.6 is 30.4 Å². The Morgan fingerprint density at radius 2 is 1.56 bits per heavy atom. The van der Waals surface area contributed by atoms with Crippen molar-refractivity contribution in [2.45, 2.75) is 13.3 Å². The maximum Gasteiger partial charge on any atom is 0.466 e. The molecule has 0 rings (SSSR count). The number of halogens is 1. The Morgan fingerprint density at radius 1 is 1.44 bits per heavy atom. The maximum absolute atomic E-state index is 8.88. The molecule has 0 heterocycles. The molecule has 0 aromatic heterocycles. The smallest absolute Gasteiger partial charge is 0.303 e. The molecule has 0 unspecified atom stereocenters. The molecule has 0 spiro atoms. The van der Waals surface area contributed by atoms with Crippen molar-refractivity contribution in [1.29, 1.82) is 0 Å². The van der Waals surface area contributed by atoms with E-state index >= 15 is 0 Å². The van der Waals surface area contributed by atoms with Crippen molar-refractivity contribution >= 4 is 30.4 Å². The fourth-order valence-corrected chi connectivity index (χ4v) is 0. The molecule has 0 saturated heterocycles. The largest absolute Gasteiger partial charge is 0.466 e. The van der Waals surface area contributed by atoms with Crippen molar-refractivity contribution < 1.29 is 19.2 Å². The van der Waals surface area contributed by atoms with Crippen LogP contribution in [0.4, 0.5) is 0 Å². The first-order valence-corrected chi connectivity index (χ1v) is 5.35. The third kappa shape index (κ3) is 122. The zero-order valence-electron chi connectivity index (χ0n) is 4.99. The highest BCUT2D eigenvalue weighted by Crippen LogP contribution is 2.25. The van der Waals surface area contributed by atoms with E-state index in [1.165, 1.54) is 10.8 Å². The number of rotatable bonds is 1. The first-order valence-electron chi connectivity index (χ1n) is 2.26. The summed E-state index contributed by atoms with van der Waals surface area (Å²) in [6.07, 6.45) is 1.31. The lowest BCUT2D eigenvalue weighted by Gasteiger charge is -1.82. The molecule has 0 aliphatic rings. The molecule has 0 amide bonds. The van der Waals surface area contributed by atoms with Gasteiger partial charge in [-0.05, 0) is 10.8 Å². The van der Waals surface area contributed by atoms with Crippen LogP contribution in [0.1, 0.15) is 13.3 Å². The van der Waals surface area contributed by atoms with Gasteiger partial charge in [-0.15, -0.1) is 0 Å². The van der Waals surface area contributed by atoms with E-state index in [1.807, 2.05) is 0 Å². The summed E-state index contributed by atoms with van der Waals surface area (Å²) in [5.41, 5.74) is 0. The van der Waals surface area contributed by atoms with Gasteiger partial charge in [-0.2, -0.15) is 0 Å². The standard InChI is InChI=1S/C3H7I.H3O4P/c1-2-3-4;1-5(2,3)4/h2-3H2,1H3;(H3,1,2,3,4). The van der Waals surface area contributed by atoms with Crippen molar-refractivity contribution in [3.8, 4) is 0 Å². The van der Waals surface area contributed by atoms with Gasteiger partial charge in [0.25, 0.3) is 0 Å². The van der Waals surface area contributed by atoms with Gasteiger partial charge in [0.05, 0.1) is 0 Å². The predicted molar refractivity (Wildman–Crippen MR) is 43.4 cm³/mol. The second-order valence-electron chi connectivity index (χ2n) is 1.20. The lowest BCUT2D eigenvalue weighted by molar-refractivity contribution is 0.275. The summed E-state index contributed by atoms with van der Waals surface area (Å²) in [6.45, 7) is 2.17. The van der Waals surface area contributed by atoms with Gasteiger partial charge in [-0.1, -0.05) is 29.5 Å². The fourth-order valence-electron chi connectivity index (χ4n) is 0. The molecule has 58 valence electrons. The predicted octanol–water partition coefficient (Wildman–Crippen LogP) is 0.903. The van der Waals surface area contributed by atoms with Crippen LogP contribution in [0, 0.1) is 0 Å². The summed E-state index contributed by atoms with van der Waals surface area (Å²) in [4.78, 5) is 21.6. The molecule has 0 bridgehead atoms. The molecular weight excluding hydrogens is 258 g/mol. The maximum atomic E-state index is 8.88. The molecular formula is C3H10IO4P. The SMILES string of the molecule is CCCI.O=P(O)(O)O. The van der Waals surface area contributed by atoms with E-state index < -0.39 is 7.82 Å². The van der Waals surface area contributed by atoms with Crippen molar-refractivity contribution in [3.63, 3.8) is 0 Å². The highest BCUT2D eigenvalue weighted by atomic mass is 127. The average Bonchev–Trinajstić information content (AvgIpc) is 1.61. The van der Waals surface area contributed by atoms with E-state index in [9.17, 15) is 0 Å². The highest BCUT2D eigenvalue weighted by molar-refractivity contribution is 14.1. The van der Waals surface area contributed by atoms with Gasteiger partial charge in [-0.3, -0.25) is 0 Å². The quantitative estimate of drug-likeness (QED) is 0.375. The van der Waals surface area contributed by atoms with E-state index in [-0.39, 0.29) is 0 Å². The molecule has 0 fully saturated rings. The molecule has 0 aliphatic heterocycles. The van der Waals surface area contributed by atoms with Crippen LogP contribution in [0.3, 0.4) is 0 Å². The monoisotopic (exact) mass is 268 g/mol. The third-order valence-electron chi connectivity index (χ3n) is 0.189. The van der Waals surface area contributed by atoms with Crippen LogP contribution in [0.2, 0.25) is 0 Å². The Morgan fingerprint density at radius 3 is 1.56 bits per heavy atom. The molecule has 9 heavy (non-hydrogen) atoms. The molecule has 0 saturated carbocycles. The van der Waals surface area contributed by atoms with Gasteiger partial charge in [0.15, 0.2) is 0 Å². The lowest BCUT2D eigenvalue weighted by Crippen LogP contribution is -1.66. The molecule has 0 radical (unpaired) electrons.